The molecule has 2 heterocycles. The Morgan fingerprint density at radius 3 is 2.52 bits per heavy atom. The maximum Gasteiger partial charge on any atom is 0.259 e. The molecule has 0 radical (unpaired) electrons. The van der Waals surface area contributed by atoms with E-state index >= 15 is 0 Å². The Kier molecular flexibility index (Phi) is 5.69. The fourth-order valence-corrected chi connectivity index (χ4v) is 3.61. The van der Waals surface area contributed by atoms with E-state index in [-0.39, 0.29) is 29.6 Å². The van der Waals surface area contributed by atoms with Crippen LogP contribution in [-0.4, -0.2) is 36.2 Å². The first kappa shape index (κ1) is 19.2. The van der Waals surface area contributed by atoms with E-state index in [9.17, 15) is 13.2 Å². The molecule has 9 heteroatoms. The van der Waals surface area contributed by atoms with Crippen molar-refractivity contribution in [1.29, 1.82) is 0 Å². The highest BCUT2D eigenvalue weighted by Gasteiger charge is 2.20. The SMILES string of the molecule is COc1cc(C)n(CCNS(=O)(=O)c2cn(C)c(C(C)C)n2)c(=O)c1. The number of aromatic nitrogens is 3. The molecule has 25 heavy (non-hydrogen) atoms. The van der Waals surface area contributed by atoms with Crippen molar-refractivity contribution < 1.29 is 13.2 Å². The van der Waals surface area contributed by atoms with Gasteiger partial charge in [-0.1, -0.05) is 13.8 Å². The zero-order valence-corrected chi connectivity index (χ0v) is 15.9. The van der Waals surface area contributed by atoms with Crippen LogP contribution in [-0.2, 0) is 23.6 Å². The Morgan fingerprint density at radius 2 is 2.00 bits per heavy atom. The maximum absolute atomic E-state index is 12.4. The number of nitrogens with one attached hydrogen (secondary N) is 1. The van der Waals surface area contributed by atoms with Crippen LogP contribution in [0.4, 0.5) is 0 Å². The second-order valence-corrected chi connectivity index (χ2v) is 7.84. The highest BCUT2D eigenvalue weighted by molar-refractivity contribution is 7.89. The minimum atomic E-state index is -3.73. The van der Waals surface area contributed by atoms with Crippen molar-refractivity contribution in [3.63, 3.8) is 0 Å². The summed E-state index contributed by atoms with van der Waals surface area (Å²) in [5, 5.41) is -0.0162. The monoisotopic (exact) mass is 368 g/mol. The van der Waals surface area contributed by atoms with Crippen molar-refractivity contribution in [3.05, 3.63) is 40.2 Å². The van der Waals surface area contributed by atoms with Gasteiger partial charge in [0.1, 0.15) is 11.6 Å². The third kappa shape index (κ3) is 4.29. The topological polar surface area (TPSA) is 95.2 Å². The average molecular weight is 368 g/mol. The van der Waals surface area contributed by atoms with Gasteiger partial charge in [-0.15, -0.1) is 0 Å². The van der Waals surface area contributed by atoms with Crippen LogP contribution < -0.4 is 15.0 Å². The highest BCUT2D eigenvalue weighted by atomic mass is 32.2. The van der Waals surface area contributed by atoms with Gasteiger partial charge in [0.05, 0.1) is 7.11 Å². The number of sulfonamides is 1. The van der Waals surface area contributed by atoms with Gasteiger partial charge in [0.25, 0.3) is 15.6 Å². The Morgan fingerprint density at radius 1 is 1.32 bits per heavy atom. The van der Waals surface area contributed by atoms with Crippen molar-refractivity contribution in [2.45, 2.75) is 38.3 Å². The van der Waals surface area contributed by atoms with Gasteiger partial charge in [-0.25, -0.2) is 18.1 Å². The van der Waals surface area contributed by atoms with Crippen LogP contribution in [0.15, 0.2) is 28.2 Å². The number of hydrogen-bond donors (Lipinski definition) is 1. The zero-order chi connectivity index (χ0) is 18.8. The molecule has 2 aromatic heterocycles. The molecular formula is C16H24N4O4S. The number of hydrogen-bond acceptors (Lipinski definition) is 5. The summed E-state index contributed by atoms with van der Waals surface area (Å²) in [7, 11) is -0.470. The maximum atomic E-state index is 12.4. The van der Waals surface area contributed by atoms with Gasteiger partial charge in [0.15, 0.2) is 5.03 Å². The third-order valence-electron chi connectivity index (χ3n) is 3.85. The lowest BCUT2D eigenvalue weighted by Gasteiger charge is -2.11. The van der Waals surface area contributed by atoms with Gasteiger partial charge < -0.3 is 13.9 Å². The molecule has 1 N–H and O–H groups in total. The minimum Gasteiger partial charge on any atom is -0.496 e. The number of methoxy groups -OCH3 is 1. The smallest absolute Gasteiger partial charge is 0.259 e. The molecule has 138 valence electrons. The van der Waals surface area contributed by atoms with Crippen LogP contribution in [0, 0.1) is 6.92 Å². The number of aryl methyl sites for hydroxylation is 2. The van der Waals surface area contributed by atoms with Crippen LogP contribution in [0.5, 0.6) is 5.75 Å². The third-order valence-corrected chi connectivity index (χ3v) is 5.19. The average Bonchev–Trinajstić information content (AvgIpc) is 2.92. The summed E-state index contributed by atoms with van der Waals surface area (Å²) in [6.45, 7) is 5.98. The molecule has 0 saturated heterocycles. The summed E-state index contributed by atoms with van der Waals surface area (Å²) in [4.78, 5) is 16.3. The second kappa shape index (κ2) is 7.40. The Hall–Kier alpha value is -2.13. The molecule has 8 nitrogen and oxygen atoms in total. The van der Waals surface area contributed by atoms with E-state index in [0.29, 0.717) is 17.3 Å². The number of nitrogens with zero attached hydrogens (tertiary/aromatic N) is 3. The van der Waals surface area contributed by atoms with Gasteiger partial charge in [-0.2, -0.15) is 0 Å². The van der Waals surface area contributed by atoms with Crippen molar-refractivity contribution in [1.82, 2.24) is 18.8 Å². The number of pyridine rings is 1. The molecule has 0 aliphatic heterocycles. The van der Waals surface area contributed by atoms with E-state index in [4.69, 9.17) is 4.74 Å². The number of ether oxygens (including phenoxy) is 1. The van der Waals surface area contributed by atoms with Gasteiger partial charge in [0, 0.05) is 44.0 Å². The minimum absolute atomic E-state index is 0.0162. The largest absolute Gasteiger partial charge is 0.496 e. The van der Waals surface area contributed by atoms with Crippen molar-refractivity contribution in [2.75, 3.05) is 13.7 Å². The quantitative estimate of drug-likeness (QED) is 0.787. The molecule has 2 rings (SSSR count). The molecule has 0 aliphatic rings. The van der Waals surface area contributed by atoms with Crippen LogP contribution in [0.1, 0.15) is 31.3 Å². The normalized spacial score (nSPS) is 11.9. The predicted molar refractivity (Wildman–Crippen MR) is 94.5 cm³/mol. The summed E-state index contributed by atoms with van der Waals surface area (Å²) in [5.41, 5.74) is 0.458. The summed E-state index contributed by atoms with van der Waals surface area (Å²) < 4.78 is 35.5. The fraction of sp³-hybridized carbons (Fsp3) is 0.500. The Balaban J connectivity index is 2.11. The summed E-state index contributed by atoms with van der Waals surface area (Å²) in [5.74, 6) is 1.30. The molecule has 0 atom stereocenters. The van der Waals surface area contributed by atoms with Crippen LogP contribution in [0.2, 0.25) is 0 Å². The van der Waals surface area contributed by atoms with Crippen LogP contribution >= 0.6 is 0 Å². The molecular weight excluding hydrogens is 344 g/mol. The van der Waals surface area contributed by atoms with Crippen molar-refractivity contribution in [3.8, 4) is 5.75 Å². The molecule has 0 unspecified atom stereocenters. The van der Waals surface area contributed by atoms with Gasteiger partial charge in [0.2, 0.25) is 0 Å². The van der Waals surface area contributed by atoms with E-state index in [1.807, 2.05) is 13.8 Å². The van der Waals surface area contributed by atoms with E-state index in [1.54, 1.807) is 24.6 Å². The molecule has 2 aromatic rings. The molecule has 0 spiro atoms. The molecule has 0 saturated carbocycles. The lowest BCUT2D eigenvalue weighted by atomic mass is 10.2. The van der Waals surface area contributed by atoms with Gasteiger partial charge >= 0.3 is 0 Å². The Labute approximate surface area is 147 Å². The molecule has 0 aliphatic carbocycles. The Bertz CT molecular complexity index is 913. The first-order valence-corrected chi connectivity index (χ1v) is 9.42. The fourth-order valence-electron chi connectivity index (χ4n) is 2.59. The van der Waals surface area contributed by atoms with E-state index < -0.39 is 10.0 Å². The number of imidazole rings is 1. The molecule has 0 amide bonds. The molecule has 0 bridgehead atoms. The summed E-state index contributed by atoms with van der Waals surface area (Å²) in [6.07, 6.45) is 1.49. The lowest BCUT2D eigenvalue weighted by molar-refractivity contribution is 0.411. The van der Waals surface area contributed by atoms with Crippen molar-refractivity contribution >= 4 is 10.0 Å². The van der Waals surface area contributed by atoms with Gasteiger partial charge in [-0.05, 0) is 13.0 Å². The summed E-state index contributed by atoms with van der Waals surface area (Å²) >= 11 is 0. The van der Waals surface area contributed by atoms with E-state index in [1.165, 1.54) is 23.9 Å². The summed E-state index contributed by atoms with van der Waals surface area (Å²) in [6, 6.07) is 3.10. The van der Waals surface area contributed by atoms with Gasteiger partial charge in [-0.3, -0.25) is 4.79 Å². The molecule has 0 fully saturated rings. The zero-order valence-electron chi connectivity index (χ0n) is 15.1. The molecule has 0 aromatic carbocycles. The standard InChI is InChI=1S/C16H24N4O4S/c1-11(2)16-18-14(10-19(16)4)25(22,23)17-6-7-20-12(3)8-13(24-5)9-15(20)21/h8-11,17H,6-7H2,1-5H3. The predicted octanol–water partition coefficient (Wildman–Crippen LogP) is 1.00. The van der Waals surface area contributed by atoms with Crippen molar-refractivity contribution in [2.24, 2.45) is 7.05 Å². The second-order valence-electron chi connectivity index (χ2n) is 6.13. The van der Waals surface area contributed by atoms with E-state index in [2.05, 4.69) is 9.71 Å². The number of rotatable bonds is 7. The highest BCUT2D eigenvalue weighted by Crippen LogP contribution is 2.15. The lowest BCUT2D eigenvalue weighted by Crippen LogP contribution is -2.31. The van der Waals surface area contributed by atoms with Crippen LogP contribution in [0.25, 0.3) is 0 Å². The van der Waals surface area contributed by atoms with Crippen LogP contribution in [0.3, 0.4) is 0 Å². The first-order chi connectivity index (χ1) is 11.7. The van der Waals surface area contributed by atoms with E-state index in [0.717, 1.165) is 0 Å². The first-order valence-electron chi connectivity index (χ1n) is 7.94.